The van der Waals surface area contributed by atoms with E-state index in [4.69, 9.17) is 0 Å². The van der Waals surface area contributed by atoms with Crippen LogP contribution in [0.2, 0.25) is 0 Å². The summed E-state index contributed by atoms with van der Waals surface area (Å²) in [6.45, 7) is 0. The molecule has 0 radical (unpaired) electrons. The lowest BCUT2D eigenvalue weighted by atomic mass is 9.89. The molecule has 6 nitrogen and oxygen atoms in total. The quantitative estimate of drug-likeness (QED) is 0.519. The van der Waals surface area contributed by atoms with Crippen molar-refractivity contribution in [2.45, 2.75) is 0 Å². The molecule has 6 heteroatoms. The highest BCUT2D eigenvalue weighted by atomic mass is 16.2. The zero-order chi connectivity index (χ0) is 19.3. The zero-order valence-corrected chi connectivity index (χ0v) is 14.5. The van der Waals surface area contributed by atoms with Crippen LogP contribution in [0.5, 0.6) is 0 Å². The van der Waals surface area contributed by atoms with E-state index in [0.717, 1.165) is 0 Å². The van der Waals surface area contributed by atoms with Crippen molar-refractivity contribution in [3.05, 3.63) is 101 Å². The monoisotopic (exact) mass is 367 g/mol. The molecule has 0 atom stereocenters. The molecule has 0 saturated heterocycles. The molecule has 134 valence electrons. The second-order valence-electron chi connectivity index (χ2n) is 6.43. The molecule has 0 spiro atoms. The van der Waals surface area contributed by atoms with Gasteiger partial charge in [0.05, 0.1) is 22.2 Å². The minimum absolute atomic E-state index is 0.110. The highest BCUT2D eigenvalue weighted by Crippen LogP contribution is 2.33. The summed E-state index contributed by atoms with van der Waals surface area (Å²) < 4.78 is 1.59. The first kappa shape index (κ1) is 16.1. The number of rotatable bonds is 2. The Morgan fingerprint density at radius 3 is 2.50 bits per heavy atom. The fourth-order valence-electron chi connectivity index (χ4n) is 3.61. The van der Waals surface area contributed by atoms with Gasteiger partial charge in [-0.25, -0.2) is 0 Å². The predicted octanol–water partition coefficient (Wildman–Crippen LogP) is 3.36. The topological polar surface area (TPSA) is 80.5 Å². The summed E-state index contributed by atoms with van der Waals surface area (Å²) >= 11 is 0. The molecule has 0 saturated carbocycles. The molecule has 1 N–H and O–H groups in total. The first-order valence-corrected chi connectivity index (χ1v) is 8.70. The fourth-order valence-corrected chi connectivity index (χ4v) is 3.61. The van der Waals surface area contributed by atoms with E-state index in [9.17, 15) is 14.4 Å². The Hall–Kier alpha value is -4.06. The number of aromatic nitrogens is 2. The van der Waals surface area contributed by atoms with Crippen molar-refractivity contribution in [1.82, 2.24) is 9.38 Å². The van der Waals surface area contributed by atoms with Crippen LogP contribution in [0.3, 0.4) is 0 Å². The maximum absolute atomic E-state index is 13.2. The average molecular weight is 367 g/mol. The number of nitrogens with one attached hydrogen (secondary N) is 1. The van der Waals surface area contributed by atoms with Gasteiger partial charge in [-0.1, -0.05) is 24.3 Å². The summed E-state index contributed by atoms with van der Waals surface area (Å²) in [4.78, 5) is 43.5. The number of ketones is 2. The Bertz CT molecular complexity index is 1290. The van der Waals surface area contributed by atoms with Crippen molar-refractivity contribution in [3.8, 4) is 0 Å². The molecule has 0 fully saturated rings. The Labute approximate surface area is 159 Å². The second-order valence-corrected chi connectivity index (χ2v) is 6.43. The SMILES string of the molecule is O=C1c2cccnc2C(=O)c2c1c(C(=O)Nc1ccccc1)c1ccccn21. The summed E-state index contributed by atoms with van der Waals surface area (Å²) in [7, 11) is 0. The Balaban J connectivity index is 1.76. The van der Waals surface area contributed by atoms with E-state index in [-0.39, 0.29) is 39.6 Å². The first-order chi connectivity index (χ1) is 13.7. The van der Waals surface area contributed by atoms with Crippen LogP contribution >= 0.6 is 0 Å². The van der Waals surface area contributed by atoms with E-state index in [1.165, 1.54) is 6.20 Å². The minimum Gasteiger partial charge on any atom is -0.322 e. The number of para-hydroxylation sites is 1. The van der Waals surface area contributed by atoms with Crippen LogP contribution in [0, 0.1) is 0 Å². The van der Waals surface area contributed by atoms with Crippen molar-refractivity contribution in [3.63, 3.8) is 0 Å². The van der Waals surface area contributed by atoms with E-state index in [1.54, 1.807) is 65.2 Å². The molecule has 3 heterocycles. The Morgan fingerprint density at radius 1 is 0.893 bits per heavy atom. The van der Waals surface area contributed by atoms with E-state index >= 15 is 0 Å². The second kappa shape index (κ2) is 5.99. The van der Waals surface area contributed by atoms with Gasteiger partial charge in [-0.2, -0.15) is 0 Å². The number of nitrogens with zero attached hydrogens (tertiary/aromatic N) is 2. The highest BCUT2D eigenvalue weighted by Gasteiger charge is 2.38. The third-order valence-corrected chi connectivity index (χ3v) is 4.81. The summed E-state index contributed by atoms with van der Waals surface area (Å²) in [6.07, 6.45) is 3.15. The summed E-state index contributed by atoms with van der Waals surface area (Å²) in [5.74, 6) is -1.19. The van der Waals surface area contributed by atoms with Gasteiger partial charge in [-0.15, -0.1) is 0 Å². The Morgan fingerprint density at radius 2 is 1.68 bits per heavy atom. The maximum atomic E-state index is 13.2. The van der Waals surface area contributed by atoms with Crippen LogP contribution in [0.4, 0.5) is 5.69 Å². The van der Waals surface area contributed by atoms with E-state index in [1.807, 2.05) is 6.07 Å². The number of pyridine rings is 2. The molecule has 1 aromatic carbocycles. The normalized spacial score (nSPS) is 12.6. The predicted molar refractivity (Wildman–Crippen MR) is 103 cm³/mol. The van der Waals surface area contributed by atoms with E-state index in [2.05, 4.69) is 10.3 Å². The molecule has 4 aromatic rings. The van der Waals surface area contributed by atoms with Gasteiger partial charge >= 0.3 is 0 Å². The van der Waals surface area contributed by atoms with Crippen LogP contribution in [-0.2, 0) is 0 Å². The first-order valence-electron chi connectivity index (χ1n) is 8.70. The van der Waals surface area contributed by atoms with Crippen molar-refractivity contribution >= 4 is 28.7 Å². The number of carbonyl (C=O) groups excluding carboxylic acids is 3. The van der Waals surface area contributed by atoms with Crippen LogP contribution in [0.15, 0.2) is 73.1 Å². The van der Waals surface area contributed by atoms with Crippen molar-refractivity contribution in [2.24, 2.45) is 0 Å². The van der Waals surface area contributed by atoms with Crippen LogP contribution in [0.1, 0.15) is 42.5 Å². The summed E-state index contributed by atoms with van der Waals surface area (Å²) in [6, 6.07) is 17.4. The number of fused-ring (bicyclic) bond motifs is 4. The molecule has 0 unspecified atom stereocenters. The number of carbonyl (C=O) groups is 3. The van der Waals surface area contributed by atoms with E-state index in [0.29, 0.717) is 11.2 Å². The van der Waals surface area contributed by atoms with Gasteiger partial charge in [-0.05, 0) is 36.4 Å². The van der Waals surface area contributed by atoms with Crippen LogP contribution in [-0.4, -0.2) is 26.9 Å². The number of hydrogen-bond acceptors (Lipinski definition) is 4. The third kappa shape index (κ3) is 2.21. The molecular weight excluding hydrogens is 354 g/mol. The Kier molecular flexibility index (Phi) is 3.45. The van der Waals surface area contributed by atoms with Gasteiger partial charge in [0, 0.05) is 18.1 Å². The lowest BCUT2D eigenvalue weighted by Crippen LogP contribution is -2.25. The smallest absolute Gasteiger partial charge is 0.258 e. The van der Waals surface area contributed by atoms with E-state index < -0.39 is 5.91 Å². The van der Waals surface area contributed by atoms with Crippen molar-refractivity contribution < 1.29 is 14.4 Å². The molecular formula is C22H13N3O3. The number of anilines is 1. The van der Waals surface area contributed by atoms with Gasteiger partial charge < -0.3 is 9.72 Å². The zero-order valence-electron chi connectivity index (χ0n) is 14.5. The van der Waals surface area contributed by atoms with Crippen LogP contribution in [0.25, 0.3) is 5.52 Å². The molecule has 0 aliphatic heterocycles. The molecule has 5 rings (SSSR count). The van der Waals surface area contributed by atoms with Gasteiger partial charge in [0.2, 0.25) is 5.78 Å². The maximum Gasteiger partial charge on any atom is 0.258 e. The van der Waals surface area contributed by atoms with Gasteiger partial charge in [0.1, 0.15) is 11.4 Å². The number of amides is 1. The lowest BCUT2D eigenvalue weighted by Gasteiger charge is -2.14. The molecule has 1 aliphatic rings. The molecule has 0 bridgehead atoms. The van der Waals surface area contributed by atoms with Crippen molar-refractivity contribution in [1.29, 1.82) is 0 Å². The van der Waals surface area contributed by atoms with Gasteiger partial charge in [0.15, 0.2) is 5.78 Å². The van der Waals surface area contributed by atoms with Crippen molar-refractivity contribution in [2.75, 3.05) is 5.32 Å². The van der Waals surface area contributed by atoms with Gasteiger partial charge in [0.25, 0.3) is 5.91 Å². The lowest BCUT2D eigenvalue weighted by molar-refractivity contribution is 0.0965. The number of benzene rings is 1. The molecule has 1 amide bonds. The molecule has 3 aromatic heterocycles. The fraction of sp³-hybridized carbons (Fsp3) is 0. The average Bonchev–Trinajstić information content (AvgIpc) is 3.08. The molecule has 1 aliphatic carbocycles. The largest absolute Gasteiger partial charge is 0.322 e. The van der Waals surface area contributed by atoms with Crippen LogP contribution < -0.4 is 5.32 Å². The molecule has 28 heavy (non-hydrogen) atoms. The van der Waals surface area contributed by atoms with Gasteiger partial charge in [-0.3, -0.25) is 19.4 Å². The minimum atomic E-state index is -0.440. The standard InChI is InChI=1S/C22H13N3O3/c26-20-14-9-6-11-23-18(14)21(27)19-17(20)16(15-10-4-5-12-25(15)19)22(28)24-13-7-2-1-3-8-13/h1-12H,(H,24,28). The third-order valence-electron chi connectivity index (χ3n) is 4.81. The summed E-state index contributed by atoms with van der Waals surface area (Å²) in [5.41, 5.74) is 1.90. The number of hydrogen-bond donors (Lipinski definition) is 1. The summed E-state index contributed by atoms with van der Waals surface area (Å²) in [5, 5.41) is 2.81. The highest BCUT2D eigenvalue weighted by molar-refractivity contribution is 6.32.